The molecule has 1 aromatic heterocycles. The largest absolute Gasteiger partial charge is 0.493 e. The van der Waals surface area contributed by atoms with Crippen LogP contribution in [0.15, 0.2) is 48.5 Å². The summed E-state index contributed by atoms with van der Waals surface area (Å²) in [6, 6.07) is 16.4. The summed E-state index contributed by atoms with van der Waals surface area (Å²) in [5.41, 5.74) is 2.10. The molecule has 2 heterocycles. The molecule has 21 heavy (non-hydrogen) atoms. The van der Waals surface area contributed by atoms with E-state index in [2.05, 4.69) is 24.3 Å². The van der Waals surface area contributed by atoms with Crippen LogP contribution in [0, 0.1) is 0 Å². The van der Waals surface area contributed by atoms with Crippen LogP contribution in [-0.4, -0.2) is 11.7 Å². The lowest BCUT2D eigenvalue weighted by molar-refractivity contribution is 0.210. The lowest BCUT2D eigenvalue weighted by Crippen LogP contribution is -2.12. The highest BCUT2D eigenvalue weighted by Crippen LogP contribution is 2.39. The second-order valence-corrected chi connectivity index (χ2v) is 6.49. The number of benzene rings is 2. The van der Waals surface area contributed by atoms with Crippen molar-refractivity contribution in [2.24, 2.45) is 0 Å². The van der Waals surface area contributed by atoms with E-state index in [1.54, 1.807) is 11.3 Å². The van der Waals surface area contributed by atoms with Gasteiger partial charge in [0.1, 0.15) is 11.9 Å². The molecule has 2 aromatic carbocycles. The highest BCUT2D eigenvalue weighted by molar-refractivity contribution is 7.19. The number of aliphatic hydroxyl groups excluding tert-OH is 1. The fourth-order valence-electron chi connectivity index (χ4n) is 2.92. The zero-order valence-corrected chi connectivity index (χ0v) is 12.4. The Kier molecular flexibility index (Phi) is 3.17. The molecule has 4 rings (SSSR count). The number of hydrogen-bond acceptors (Lipinski definition) is 3. The van der Waals surface area contributed by atoms with E-state index >= 15 is 0 Å². The van der Waals surface area contributed by atoms with Gasteiger partial charge in [0.15, 0.2) is 0 Å². The minimum Gasteiger partial charge on any atom is -0.493 e. The molecule has 1 aliphatic heterocycles. The van der Waals surface area contributed by atoms with Gasteiger partial charge in [-0.15, -0.1) is 11.3 Å². The number of aryl methyl sites for hydroxylation is 1. The lowest BCUT2D eigenvalue weighted by Gasteiger charge is -2.22. The Morgan fingerprint density at radius 1 is 1.10 bits per heavy atom. The Labute approximate surface area is 127 Å². The van der Waals surface area contributed by atoms with E-state index in [0.717, 1.165) is 35.6 Å². The molecule has 0 saturated heterocycles. The van der Waals surface area contributed by atoms with E-state index in [1.807, 2.05) is 24.3 Å². The third-order valence-electron chi connectivity index (χ3n) is 3.97. The summed E-state index contributed by atoms with van der Waals surface area (Å²) in [4.78, 5) is 0.971. The quantitative estimate of drug-likeness (QED) is 0.763. The van der Waals surface area contributed by atoms with Crippen molar-refractivity contribution in [3.05, 3.63) is 64.5 Å². The molecule has 1 N–H and O–H groups in total. The molecule has 1 unspecified atom stereocenters. The second kappa shape index (κ2) is 5.17. The molecule has 0 fully saturated rings. The molecule has 0 amide bonds. The molecule has 0 saturated carbocycles. The number of rotatable bonds is 2. The van der Waals surface area contributed by atoms with Gasteiger partial charge in [0.25, 0.3) is 0 Å². The Hall–Kier alpha value is -1.84. The van der Waals surface area contributed by atoms with Gasteiger partial charge in [0.2, 0.25) is 0 Å². The van der Waals surface area contributed by atoms with E-state index < -0.39 is 6.10 Å². The van der Waals surface area contributed by atoms with E-state index in [1.165, 1.54) is 15.6 Å². The molecule has 0 aliphatic carbocycles. The molecule has 1 aliphatic rings. The van der Waals surface area contributed by atoms with E-state index in [4.69, 9.17) is 4.74 Å². The number of hydrogen-bond donors (Lipinski definition) is 1. The third-order valence-corrected chi connectivity index (χ3v) is 5.14. The van der Waals surface area contributed by atoms with Crippen molar-refractivity contribution in [2.75, 3.05) is 6.61 Å². The maximum atomic E-state index is 10.8. The van der Waals surface area contributed by atoms with Gasteiger partial charge in [-0.05, 0) is 35.9 Å². The number of ether oxygens (including phenoxy) is 1. The third kappa shape index (κ3) is 2.23. The molecule has 0 spiro atoms. The first kappa shape index (κ1) is 12.9. The summed E-state index contributed by atoms with van der Waals surface area (Å²) in [5.74, 6) is 0.883. The highest BCUT2D eigenvalue weighted by atomic mass is 32.1. The topological polar surface area (TPSA) is 29.5 Å². The average molecular weight is 296 g/mol. The Balaban J connectivity index is 1.79. The zero-order chi connectivity index (χ0) is 14.2. The van der Waals surface area contributed by atoms with Crippen molar-refractivity contribution in [1.82, 2.24) is 0 Å². The van der Waals surface area contributed by atoms with Gasteiger partial charge in [-0.1, -0.05) is 36.4 Å². The zero-order valence-electron chi connectivity index (χ0n) is 11.6. The summed E-state index contributed by atoms with van der Waals surface area (Å²) in [7, 11) is 0. The SMILES string of the molecule is OC(c1cc2ccccc2s1)c1cccc2c1OCCC2. The van der Waals surface area contributed by atoms with Crippen LogP contribution < -0.4 is 4.74 Å². The van der Waals surface area contributed by atoms with Crippen LogP contribution in [0.1, 0.15) is 28.5 Å². The molecule has 3 heteroatoms. The highest BCUT2D eigenvalue weighted by Gasteiger charge is 2.22. The normalized spacial score (nSPS) is 15.5. The van der Waals surface area contributed by atoms with Crippen LogP contribution in [0.5, 0.6) is 5.75 Å². The summed E-state index contributed by atoms with van der Waals surface area (Å²) in [6.45, 7) is 0.739. The van der Waals surface area contributed by atoms with Gasteiger partial charge in [0, 0.05) is 15.1 Å². The molecule has 0 bridgehead atoms. The molecule has 106 valence electrons. The summed E-state index contributed by atoms with van der Waals surface area (Å²) >= 11 is 1.65. The summed E-state index contributed by atoms with van der Waals surface area (Å²) < 4.78 is 7.02. The maximum absolute atomic E-state index is 10.8. The second-order valence-electron chi connectivity index (χ2n) is 5.38. The first-order valence-corrected chi connectivity index (χ1v) is 8.06. The van der Waals surface area contributed by atoms with Crippen molar-refractivity contribution in [3.63, 3.8) is 0 Å². The minimum absolute atomic E-state index is 0.615. The van der Waals surface area contributed by atoms with Gasteiger partial charge in [-0.3, -0.25) is 0 Å². The average Bonchev–Trinajstić information content (AvgIpc) is 2.97. The maximum Gasteiger partial charge on any atom is 0.128 e. The van der Waals surface area contributed by atoms with Gasteiger partial charge in [-0.25, -0.2) is 0 Å². The molecule has 1 atom stereocenters. The van der Waals surface area contributed by atoms with E-state index in [-0.39, 0.29) is 0 Å². The van der Waals surface area contributed by atoms with Crippen molar-refractivity contribution in [3.8, 4) is 5.75 Å². The van der Waals surface area contributed by atoms with Gasteiger partial charge in [0.05, 0.1) is 6.61 Å². The number of aliphatic hydroxyl groups is 1. The Morgan fingerprint density at radius 3 is 2.90 bits per heavy atom. The molecular formula is C18H16O2S. The molecule has 0 radical (unpaired) electrons. The fourth-order valence-corrected chi connectivity index (χ4v) is 3.99. The van der Waals surface area contributed by atoms with Crippen LogP contribution >= 0.6 is 11.3 Å². The Morgan fingerprint density at radius 2 is 2.00 bits per heavy atom. The predicted octanol–water partition coefficient (Wildman–Crippen LogP) is 4.31. The van der Waals surface area contributed by atoms with E-state index in [0.29, 0.717) is 0 Å². The predicted molar refractivity (Wildman–Crippen MR) is 86.1 cm³/mol. The lowest BCUT2D eigenvalue weighted by atomic mass is 9.98. The van der Waals surface area contributed by atoms with Crippen LogP contribution in [0.3, 0.4) is 0 Å². The van der Waals surface area contributed by atoms with Crippen molar-refractivity contribution >= 4 is 21.4 Å². The van der Waals surface area contributed by atoms with Crippen LogP contribution in [0.2, 0.25) is 0 Å². The first-order valence-electron chi connectivity index (χ1n) is 7.24. The van der Waals surface area contributed by atoms with Crippen LogP contribution in [-0.2, 0) is 6.42 Å². The van der Waals surface area contributed by atoms with Gasteiger partial charge >= 0.3 is 0 Å². The van der Waals surface area contributed by atoms with Gasteiger partial charge in [-0.2, -0.15) is 0 Å². The monoisotopic (exact) mass is 296 g/mol. The van der Waals surface area contributed by atoms with Gasteiger partial charge < -0.3 is 9.84 Å². The Bertz CT molecular complexity index is 758. The van der Waals surface area contributed by atoms with Crippen LogP contribution in [0.4, 0.5) is 0 Å². The smallest absolute Gasteiger partial charge is 0.128 e. The first-order chi connectivity index (χ1) is 10.3. The summed E-state index contributed by atoms with van der Waals surface area (Å²) in [6.07, 6.45) is 1.47. The van der Waals surface area contributed by atoms with Crippen LogP contribution in [0.25, 0.3) is 10.1 Å². The number of thiophene rings is 1. The van der Waals surface area contributed by atoms with E-state index in [9.17, 15) is 5.11 Å². The van der Waals surface area contributed by atoms with Crippen molar-refractivity contribution in [1.29, 1.82) is 0 Å². The standard InChI is InChI=1S/C18H16O2S/c19-17(16-11-13-5-1-2-9-15(13)21-16)14-8-3-6-12-7-4-10-20-18(12)14/h1-3,5-6,8-9,11,17,19H,4,7,10H2. The number of fused-ring (bicyclic) bond motifs is 2. The molecule has 2 nitrogen and oxygen atoms in total. The van der Waals surface area contributed by atoms with Crippen molar-refractivity contribution in [2.45, 2.75) is 18.9 Å². The number of para-hydroxylation sites is 1. The molecule has 3 aromatic rings. The fraction of sp³-hybridized carbons (Fsp3) is 0.222. The molecular weight excluding hydrogens is 280 g/mol. The van der Waals surface area contributed by atoms with Crippen molar-refractivity contribution < 1.29 is 9.84 Å². The minimum atomic E-state index is -0.615. The summed E-state index contributed by atoms with van der Waals surface area (Å²) in [5, 5.41) is 12.0.